The number of benzene rings is 2. The SMILES string of the molecule is C=CCOc1ccc(C(O)=C2C(=O)C(=O)N(Cc3ccncc3)C2c2ccc(C(C)(C)C)cc2)cc1. The summed E-state index contributed by atoms with van der Waals surface area (Å²) < 4.78 is 5.52. The van der Waals surface area contributed by atoms with E-state index in [1.165, 1.54) is 4.90 Å². The minimum Gasteiger partial charge on any atom is -0.507 e. The van der Waals surface area contributed by atoms with Crippen molar-refractivity contribution in [3.05, 3.63) is 114 Å². The Kier molecular flexibility index (Phi) is 7.06. The van der Waals surface area contributed by atoms with Gasteiger partial charge in [0.05, 0.1) is 11.6 Å². The zero-order valence-corrected chi connectivity index (χ0v) is 20.8. The maximum atomic E-state index is 13.3. The van der Waals surface area contributed by atoms with E-state index in [0.717, 1.165) is 16.7 Å². The van der Waals surface area contributed by atoms with Gasteiger partial charge in [-0.15, -0.1) is 0 Å². The maximum absolute atomic E-state index is 13.3. The quantitative estimate of drug-likeness (QED) is 0.206. The molecule has 2 heterocycles. The van der Waals surface area contributed by atoms with Gasteiger partial charge in [0.25, 0.3) is 11.7 Å². The van der Waals surface area contributed by atoms with E-state index < -0.39 is 17.7 Å². The van der Waals surface area contributed by atoms with Crippen molar-refractivity contribution in [3.63, 3.8) is 0 Å². The molecule has 1 saturated heterocycles. The molecule has 1 N–H and O–H groups in total. The summed E-state index contributed by atoms with van der Waals surface area (Å²) in [5, 5.41) is 11.3. The summed E-state index contributed by atoms with van der Waals surface area (Å²) in [6.45, 7) is 10.6. The number of ether oxygens (including phenoxy) is 1. The molecule has 1 atom stereocenters. The predicted octanol–water partition coefficient (Wildman–Crippen LogP) is 5.57. The van der Waals surface area contributed by atoms with Gasteiger partial charge in [0.1, 0.15) is 18.1 Å². The molecule has 1 aromatic heterocycles. The normalized spacial score (nSPS) is 17.3. The first kappa shape index (κ1) is 24.9. The van der Waals surface area contributed by atoms with E-state index in [1.807, 2.05) is 24.3 Å². The third kappa shape index (κ3) is 5.08. The first-order valence-corrected chi connectivity index (χ1v) is 11.8. The Morgan fingerprint density at radius 3 is 2.25 bits per heavy atom. The van der Waals surface area contributed by atoms with E-state index in [1.54, 1.807) is 54.9 Å². The molecule has 0 saturated carbocycles. The Bertz CT molecular complexity index is 1290. The molecule has 0 radical (unpaired) electrons. The van der Waals surface area contributed by atoms with Gasteiger partial charge in [-0.05, 0) is 58.5 Å². The van der Waals surface area contributed by atoms with E-state index in [0.29, 0.717) is 17.9 Å². The zero-order chi connectivity index (χ0) is 25.9. The van der Waals surface area contributed by atoms with Gasteiger partial charge in [0.15, 0.2) is 0 Å². The molecule has 6 heteroatoms. The van der Waals surface area contributed by atoms with Crippen molar-refractivity contribution in [2.24, 2.45) is 0 Å². The zero-order valence-electron chi connectivity index (χ0n) is 20.8. The van der Waals surface area contributed by atoms with Gasteiger partial charge in [0.2, 0.25) is 0 Å². The minimum absolute atomic E-state index is 0.0488. The highest BCUT2D eigenvalue weighted by molar-refractivity contribution is 6.46. The molecule has 4 rings (SSSR count). The van der Waals surface area contributed by atoms with Gasteiger partial charge >= 0.3 is 0 Å². The molecule has 184 valence electrons. The molecular formula is C30H30N2O4. The Balaban J connectivity index is 1.80. The fourth-order valence-electron chi connectivity index (χ4n) is 4.26. The van der Waals surface area contributed by atoms with Crippen molar-refractivity contribution in [1.82, 2.24) is 9.88 Å². The largest absolute Gasteiger partial charge is 0.507 e. The van der Waals surface area contributed by atoms with E-state index in [4.69, 9.17) is 4.74 Å². The van der Waals surface area contributed by atoms with Crippen LogP contribution < -0.4 is 4.74 Å². The van der Waals surface area contributed by atoms with Crippen LogP contribution in [-0.4, -0.2) is 33.3 Å². The lowest BCUT2D eigenvalue weighted by Gasteiger charge is -2.26. The highest BCUT2D eigenvalue weighted by Crippen LogP contribution is 2.41. The van der Waals surface area contributed by atoms with Crippen molar-refractivity contribution in [3.8, 4) is 5.75 Å². The number of amides is 1. The van der Waals surface area contributed by atoms with E-state index in [9.17, 15) is 14.7 Å². The number of rotatable bonds is 7. The van der Waals surface area contributed by atoms with Gasteiger partial charge in [-0.3, -0.25) is 14.6 Å². The van der Waals surface area contributed by atoms with Crippen LogP contribution in [0, 0.1) is 0 Å². The second-order valence-electron chi connectivity index (χ2n) is 9.78. The Hall–Kier alpha value is -4.19. The fourth-order valence-corrected chi connectivity index (χ4v) is 4.26. The van der Waals surface area contributed by atoms with Crippen LogP contribution in [0.15, 0.2) is 91.3 Å². The number of aliphatic hydroxyl groups excluding tert-OH is 1. The lowest BCUT2D eigenvalue weighted by atomic mass is 9.85. The predicted molar refractivity (Wildman–Crippen MR) is 139 cm³/mol. The van der Waals surface area contributed by atoms with Crippen LogP contribution >= 0.6 is 0 Å². The third-order valence-electron chi connectivity index (χ3n) is 6.23. The molecule has 6 nitrogen and oxygen atoms in total. The highest BCUT2D eigenvalue weighted by Gasteiger charge is 2.46. The summed E-state index contributed by atoms with van der Waals surface area (Å²) in [4.78, 5) is 32.1. The van der Waals surface area contributed by atoms with Crippen LogP contribution in [0.2, 0.25) is 0 Å². The van der Waals surface area contributed by atoms with Gasteiger partial charge in [-0.25, -0.2) is 0 Å². The molecule has 36 heavy (non-hydrogen) atoms. The smallest absolute Gasteiger partial charge is 0.295 e. The standard InChI is InChI=1S/C30H30N2O4/c1-5-18-36-24-12-8-22(9-13-24)27(33)25-26(21-6-10-23(11-7-21)30(2,3)4)32(29(35)28(25)34)19-20-14-16-31-17-15-20/h5-17,26,33H,1,18-19H2,2-4H3. The van der Waals surface area contributed by atoms with Crippen molar-refractivity contribution in [1.29, 1.82) is 0 Å². The van der Waals surface area contributed by atoms with Crippen LogP contribution in [-0.2, 0) is 21.5 Å². The lowest BCUT2D eigenvalue weighted by Crippen LogP contribution is -2.29. The van der Waals surface area contributed by atoms with Crippen molar-refractivity contribution >= 4 is 17.4 Å². The first-order chi connectivity index (χ1) is 17.2. The molecule has 2 aromatic carbocycles. The topological polar surface area (TPSA) is 79.7 Å². The average Bonchev–Trinajstić information content (AvgIpc) is 3.12. The molecule has 0 bridgehead atoms. The number of aromatic nitrogens is 1. The monoisotopic (exact) mass is 482 g/mol. The molecule has 1 amide bonds. The first-order valence-electron chi connectivity index (χ1n) is 11.8. The number of carbonyl (C=O) groups is 2. The summed E-state index contributed by atoms with van der Waals surface area (Å²) in [5.74, 6) is -0.965. The summed E-state index contributed by atoms with van der Waals surface area (Å²) in [6.07, 6.45) is 4.94. The molecule has 1 unspecified atom stereocenters. The van der Waals surface area contributed by atoms with Crippen molar-refractivity contribution < 1.29 is 19.4 Å². The second kappa shape index (κ2) is 10.2. The van der Waals surface area contributed by atoms with E-state index in [2.05, 4.69) is 32.3 Å². The van der Waals surface area contributed by atoms with E-state index >= 15 is 0 Å². The summed E-state index contributed by atoms with van der Waals surface area (Å²) in [7, 11) is 0. The number of Topliss-reactive ketones (excluding diaryl/α,β-unsaturated/α-hetero) is 1. The number of ketones is 1. The van der Waals surface area contributed by atoms with Crippen LogP contribution in [0.1, 0.15) is 49.1 Å². The molecule has 1 aliphatic heterocycles. The molecule has 1 aliphatic rings. The second-order valence-corrected chi connectivity index (χ2v) is 9.78. The summed E-state index contributed by atoms with van der Waals surface area (Å²) >= 11 is 0. The Morgan fingerprint density at radius 1 is 1.03 bits per heavy atom. The van der Waals surface area contributed by atoms with Crippen LogP contribution in [0.4, 0.5) is 0 Å². The molecular weight excluding hydrogens is 452 g/mol. The molecule has 1 fully saturated rings. The number of likely N-dealkylation sites (tertiary alicyclic amines) is 1. The third-order valence-corrected chi connectivity index (χ3v) is 6.23. The van der Waals surface area contributed by atoms with Crippen molar-refractivity contribution in [2.75, 3.05) is 6.61 Å². The molecule has 3 aromatic rings. The van der Waals surface area contributed by atoms with Crippen molar-refractivity contribution in [2.45, 2.75) is 38.8 Å². The van der Waals surface area contributed by atoms with Crippen LogP contribution in [0.25, 0.3) is 5.76 Å². The molecule has 0 aliphatic carbocycles. The van der Waals surface area contributed by atoms with Gasteiger partial charge in [0, 0.05) is 24.5 Å². The van der Waals surface area contributed by atoms with E-state index in [-0.39, 0.29) is 23.3 Å². The van der Waals surface area contributed by atoms with Crippen LogP contribution in [0.5, 0.6) is 5.75 Å². The number of aliphatic hydroxyl groups is 1. The number of pyridine rings is 1. The van der Waals surface area contributed by atoms with Gasteiger partial charge in [-0.2, -0.15) is 0 Å². The summed E-state index contributed by atoms with van der Waals surface area (Å²) in [6, 6.07) is 17.5. The Labute approximate surface area is 211 Å². The number of carbonyl (C=O) groups excluding carboxylic acids is 2. The number of nitrogens with zero attached hydrogens (tertiary/aromatic N) is 2. The minimum atomic E-state index is -0.733. The maximum Gasteiger partial charge on any atom is 0.295 e. The summed E-state index contributed by atoms with van der Waals surface area (Å²) in [5.41, 5.74) is 3.17. The number of hydrogen-bond acceptors (Lipinski definition) is 5. The lowest BCUT2D eigenvalue weighted by molar-refractivity contribution is -0.140. The van der Waals surface area contributed by atoms with Gasteiger partial charge < -0.3 is 14.7 Å². The van der Waals surface area contributed by atoms with Crippen LogP contribution in [0.3, 0.4) is 0 Å². The molecule has 0 spiro atoms. The fraction of sp³-hybridized carbons (Fsp3) is 0.233. The average molecular weight is 483 g/mol. The Morgan fingerprint density at radius 2 is 1.67 bits per heavy atom. The highest BCUT2D eigenvalue weighted by atomic mass is 16.5. The van der Waals surface area contributed by atoms with Gasteiger partial charge in [-0.1, -0.05) is 57.7 Å². The number of hydrogen-bond donors (Lipinski definition) is 1.